The van der Waals surface area contributed by atoms with Crippen LogP contribution in [0.1, 0.15) is 11.1 Å². The van der Waals surface area contributed by atoms with E-state index in [9.17, 15) is 9.59 Å². The average molecular weight is 413 g/mol. The summed E-state index contributed by atoms with van der Waals surface area (Å²) in [5.74, 6) is -0.213. The van der Waals surface area contributed by atoms with Crippen molar-refractivity contribution in [3.63, 3.8) is 0 Å². The largest absolute Gasteiger partial charge is 0.423 e. The summed E-state index contributed by atoms with van der Waals surface area (Å²) in [4.78, 5) is 25.1. The van der Waals surface area contributed by atoms with E-state index in [1.165, 1.54) is 0 Å². The Morgan fingerprint density at radius 2 is 1.29 bits per heavy atom. The Labute approximate surface area is 181 Å². The third kappa shape index (κ3) is 5.48. The van der Waals surface area contributed by atoms with Crippen LogP contribution in [-0.4, -0.2) is 11.9 Å². The van der Waals surface area contributed by atoms with Crippen molar-refractivity contribution in [1.82, 2.24) is 0 Å². The summed E-state index contributed by atoms with van der Waals surface area (Å²) in [5, 5.41) is 0. The lowest BCUT2D eigenvalue weighted by Gasteiger charge is -2.26. The number of rotatable bonds is 7. The molecular weight excluding hydrogens is 390 g/mol. The van der Waals surface area contributed by atoms with Gasteiger partial charge in [0.05, 0.1) is 0 Å². The number of esters is 2. The van der Waals surface area contributed by atoms with Crippen molar-refractivity contribution in [3.8, 4) is 11.5 Å². The molecule has 156 valence electrons. The van der Waals surface area contributed by atoms with Crippen molar-refractivity contribution < 1.29 is 19.1 Å². The number of ether oxygens (including phenoxy) is 2. The van der Waals surface area contributed by atoms with E-state index in [2.05, 4.69) is 31.4 Å². The van der Waals surface area contributed by atoms with E-state index in [0.29, 0.717) is 11.5 Å². The Morgan fingerprint density at radius 1 is 0.710 bits per heavy atom. The lowest BCUT2D eigenvalue weighted by Crippen LogP contribution is -2.11. The molecule has 0 aliphatic heterocycles. The molecule has 0 fully saturated rings. The second-order valence-corrected chi connectivity index (χ2v) is 6.92. The fourth-order valence-corrected chi connectivity index (χ4v) is 3.19. The van der Waals surface area contributed by atoms with Crippen LogP contribution in [0, 0.1) is 13.8 Å². The van der Waals surface area contributed by atoms with Crippen molar-refractivity contribution in [2.45, 2.75) is 13.8 Å². The summed E-state index contributed by atoms with van der Waals surface area (Å²) < 4.78 is 10.5. The molecule has 0 aliphatic rings. The van der Waals surface area contributed by atoms with Gasteiger partial charge in [-0.3, -0.25) is 0 Å². The van der Waals surface area contributed by atoms with E-state index in [-0.39, 0.29) is 0 Å². The maximum absolute atomic E-state index is 11.6. The van der Waals surface area contributed by atoms with Gasteiger partial charge in [0.15, 0.2) is 0 Å². The lowest BCUT2D eigenvalue weighted by atomic mass is 10.1. The van der Waals surface area contributed by atoms with Gasteiger partial charge in [0.1, 0.15) is 11.5 Å². The van der Waals surface area contributed by atoms with Crippen molar-refractivity contribution in [2.75, 3.05) is 4.90 Å². The Bertz CT molecular complexity index is 1110. The molecule has 0 bridgehead atoms. The fraction of sp³-hybridized carbons (Fsp3) is 0.0769. The van der Waals surface area contributed by atoms with Crippen molar-refractivity contribution in [3.05, 3.63) is 103 Å². The monoisotopic (exact) mass is 413 g/mol. The highest BCUT2D eigenvalue weighted by molar-refractivity contribution is 5.85. The first-order valence-electron chi connectivity index (χ1n) is 9.66. The number of benzene rings is 3. The summed E-state index contributed by atoms with van der Waals surface area (Å²) >= 11 is 0. The van der Waals surface area contributed by atoms with Crippen LogP contribution in [0.5, 0.6) is 11.5 Å². The lowest BCUT2D eigenvalue weighted by molar-refractivity contribution is -0.129. The SMILES string of the molecule is C=CC(=O)Oc1ccc(N(c2cc(C)cc(C)c2)c2cccc(OC(=O)C=C)c2)cc1. The predicted octanol–water partition coefficient (Wildman–Crippen LogP) is 5.96. The van der Waals surface area contributed by atoms with Gasteiger partial charge in [-0.1, -0.05) is 25.3 Å². The highest BCUT2D eigenvalue weighted by Crippen LogP contribution is 2.37. The third-order valence-electron chi connectivity index (χ3n) is 4.41. The van der Waals surface area contributed by atoms with Gasteiger partial charge in [-0.15, -0.1) is 0 Å². The highest BCUT2D eigenvalue weighted by atomic mass is 16.5. The number of carbonyl (C=O) groups excluding carboxylic acids is 2. The number of aryl methyl sites for hydroxylation is 2. The Hall–Kier alpha value is -4.12. The molecule has 0 aliphatic carbocycles. The van der Waals surface area contributed by atoms with E-state index >= 15 is 0 Å². The Morgan fingerprint density at radius 3 is 1.87 bits per heavy atom. The molecule has 0 spiro atoms. The van der Waals surface area contributed by atoms with Crippen LogP contribution >= 0.6 is 0 Å². The van der Waals surface area contributed by atoms with Crippen LogP contribution < -0.4 is 14.4 Å². The molecule has 5 heteroatoms. The zero-order chi connectivity index (χ0) is 22.4. The topological polar surface area (TPSA) is 55.8 Å². The first-order chi connectivity index (χ1) is 14.9. The summed E-state index contributed by atoms with van der Waals surface area (Å²) in [6.07, 6.45) is 2.24. The van der Waals surface area contributed by atoms with Gasteiger partial charge in [-0.2, -0.15) is 0 Å². The van der Waals surface area contributed by atoms with Gasteiger partial charge in [0.2, 0.25) is 0 Å². The molecule has 0 aromatic heterocycles. The molecule has 0 atom stereocenters. The van der Waals surface area contributed by atoms with Crippen LogP contribution in [0.15, 0.2) is 92.0 Å². The standard InChI is InChI=1S/C26H23NO4/c1-5-25(28)30-23-12-10-20(11-13-23)27(22-15-18(3)14-19(4)16-22)21-8-7-9-24(17-21)31-26(29)6-2/h5-17H,1-2H2,3-4H3. The quantitative estimate of drug-likeness (QED) is 0.272. The summed E-state index contributed by atoms with van der Waals surface area (Å²) in [6, 6.07) is 20.6. The Balaban J connectivity index is 2.07. The Kier molecular flexibility index (Phi) is 6.67. The molecule has 5 nitrogen and oxygen atoms in total. The summed E-state index contributed by atoms with van der Waals surface area (Å²) in [6.45, 7) is 10.9. The predicted molar refractivity (Wildman–Crippen MR) is 122 cm³/mol. The minimum absolute atomic E-state index is 0.410. The molecule has 0 radical (unpaired) electrons. The molecule has 3 rings (SSSR count). The van der Waals surface area contributed by atoms with E-state index in [0.717, 1.165) is 40.3 Å². The number of nitrogens with zero attached hydrogens (tertiary/aromatic N) is 1. The molecule has 0 saturated heterocycles. The van der Waals surface area contributed by atoms with Crippen molar-refractivity contribution in [2.24, 2.45) is 0 Å². The van der Waals surface area contributed by atoms with E-state index in [1.807, 2.05) is 43.0 Å². The van der Waals surface area contributed by atoms with Gasteiger partial charge >= 0.3 is 11.9 Å². The second-order valence-electron chi connectivity index (χ2n) is 6.92. The number of hydrogen-bond acceptors (Lipinski definition) is 5. The minimum Gasteiger partial charge on any atom is -0.423 e. The van der Waals surface area contributed by atoms with Gasteiger partial charge in [-0.05, 0) is 73.5 Å². The van der Waals surface area contributed by atoms with Gasteiger partial charge < -0.3 is 14.4 Å². The van der Waals surface area contributed by atoms with Crippen LogP contribution in [0.2, 0.25) is 0 Å². The number of hydrogen-bond donors (Lipinski definition) is 0. The van der Waals surface area contributed by atoms with E-state index in [4.69, 9.17) is 9.47 Å². The molecule has 0 unspecified atom stereocenters. The molecule has 0 heterocycles. The summed E-state index contributed by atoms with van der Waals surface area (Å²) in [5.41, 5.74) is 4.82. The second kappa shape index (κ2) is 9.59. The zero-order valence-corrected chi connectivity index (χ0v) is 17.5. The third-order valence-corrected chi connectivity index (χ3v) is 4.41. The molecule has 0 N–H and O–H groups in total. The molecule has 3 aromatic rings. The van der Waals surface area contributed by atoms with Gasteiger partial charge in [-0.25, -0.2) is 9.59 Å². The van der Waals surface area contributed by atoms with Crippen LogP contribution in [-0.2, 0) is 9.59 Å². The molecular formula is C26H23NO4. The minimum atomic E-state index is -0.525. The number of anilines is 3. The van der Waals surface area contributed by atoms with Crippen molar-refractivity contribution >= 4 is 29.0 Å². The molecule has 0 saturated carbocycles. The number of carbonyl (C=O) groups is 2. The normalized spacial score (nSPS) is 10.1. The smallest absolute Gasteiger partial charge is 0.335 e. The first kappa shape index (κ1) is 21.6. The fourth-order valence-electron chi connectivity index (χ4n) is 3.19. The van der Waals surface area contributed by atoms with Gasteiger partial charge in [0.25, 0.3) is 0 Å². The molecule has 3 aromatic carbocycles. The summed E-state index contributed by atoms with van der Waals surface area (Å²) in [7, 11) is 0. The molecule has 31 heavy (non-hydrogen) atoms. The van der Waals surface area contributed by atoms with E-state index in [1.54, 1.807) is 24.3 Å². The average Bonchev–Trinajstić information content (AvgIpc) is 2.74. The van der Waals surface area contributed by atoms with Crippen LogP contribution in [0.3, 0.4) is 0 Å². The maximum atomic E-state index is 11.6. The molecule has 0 amide bonds. The first-order valence-corrected chi connectivity index (χ1v) is 9.66. The van der Waals surface area contributed by atoms with Gasteiger partial charge in [0, 0.05) is 35.3 Å². The zero-order valence-electron chi connectivity index (χ0n) is 17.5. The van der Waals surface area contributed by atoms with Crippen molar-refractivity contribution in [1.29, 1.82) is 0 Å². The highest BCUT2D eigenvalue weighted by Gasteiger charge is 2.15. The maximum Gasteiger partial charge on any atom is 0.335 e. The van der Waals surface area contributed by atoms with E-state index < -0.39 is 11.9 Å². The van der Waals surface area contributed by atoms with Crippen LogP contribution in [0.25, 0.3) is 0 Å². The van der Waals surface area contributed by atoms with Crippen LogP contribution in [0.4, 0.5) is 17.1 Å².